The molecule has 0 fully saturated rings. The maximum Gasteiger partial charge on any atom is 0.449 e. The lowest BCUT2D eigenvalue weighted by atomic mass is 9.99. The van der Waals surface area contributed by atoms with Crippen LogP contribution in [-0.2, 0) is 9.53 Å². The molecule has 3 rings (SSSR count). The number of thioether (sulfide) groups is 1. The van der Waals surface area contributed by atoms with E-state index in [1.54, 1.807) is 18.2 Å². The van der Waals surface area contributed by atoms with Crippen LogP contribution in [0.1, 0.15) is 22.8 Å². The summed E-state index contributed by atoms with van der Waals surface area (Å²) < 4.78 is 57.5. The number of esters is 1. The number of carbonyl (C=O) groups is 1. The Morgan fingerprint density at radius 3 is 2.42 bits per heavy atom. The van der Waals surface area contributed by atoms with Crippen molar-refractivity contribution in [2.45, 2.75) is 23.1 Å². The van der Waals surface area contributed by atoms with Crippen LogP contribution in [0.25, 0.3) is 0 Å². The van der Waals surface area contributed by atoms with Crippen LogP contribution in [0.2, 0.25) is 5.02 Å². The maximum absolute atomic E-state index is 13.8. The van der Waals surface area contributed by atoms with Crippen molar-refractivity contribution in [3.8, 4) is 11.5 Å². The zero-order valence-corrected chi connectivity index (χ0v) is 20.9. The van der Waals surface area contributed by atoms with E-state index in [-0.39, 0.29) is 22.9 Å². The molecule has 0 spiro atoms. The second-order valence-corrected chi connectivity index (χ2v) is 9.28. The van der Waals surface area contributed by atoms with E-state index in [9.17, 15) is 18.0 Å². The number of nitrogens with one attached hydrogen (secondary N) is 2. The number of ether oxygens (including phenoxy) is 3. The minimum absolute atomic E-state index is 0.0702. The highest BCUT2D eigenvalue weighted by Gasteiger charge is 2.46. The lowest BCUT2D eigenvalue weighted by Gasteiger charge is -2.28. The number of hydrogen-bond acceptors (Lipinski definition) is 7. The van der Waals surface area contributed by atoms with Gasteiger partial charge in [0.2, 0.25) is 5.84 Å². The fraction of sp³-hybridized carbons (Fsp3) is 0.292. The molecule has 1 aliphatic rings. The molecule has 0 saturated heterocycles. The maximum atomic E-state index is 13.8. The monoisotopic (exact) mass is 541 g/mol. The van der Waals surface area contributed by atoms with Crippen molar-refractivity contribution in [2.24, 2.45) is 0 Å². The van der Waals surface area contributed by atoms with Crippen molar-refractivity contribution in [1.82, 2.24) is 0 Å². The standard InChI is InChI=1S/C24H23ClF3N3O4S/c1-4-10-35-19(32)12-18-22(29)31(23(30)24(26,27)28)15-9-8-13(25)11-14(15)21(36-18)20-16(33-2)6-5-7-17(20)34-3/h4-9,11,18,21,29-30H,1,10,12H2,2-3H3/t18-,21+/m1/s1. The molecule has 192 valence electrons. The number of anilines is 1. The second kappa shape index (κ2) is 11.3. The molecule has 2 N–H and O–H groups in total. The number of halogens is 4. The van der Waals surface area contributed by atoms with Crippen LogP contribution in [0.15, 0.2) is 49.1 Å². The first-order valence-electron chi connectivity index (χ1n) is 10.5. The highest BCUT2D eigenvalue weighted by Crippen LogP contribution is 2.52. The first kappa shape index (κ1) is 27.4. The molecule has 0 bridgehead atoms. The molecule has 1 heterocycles. The van der Waals surface area contributed by atoms with Gasteiger partial charge < -0.3 is 14.2 Å². The molecule has 2 aromatic rings. The van der Waals surface area contributed by atoms with E-state index in [0.29, 0.717) is 22.0 Å². The molecule has 36 heavy (non-hydrogen) atoms. The average molecular weight is 542 g/mol. The van der Waals surface area contributed by atoms with Gasteiger partial charge in [-0.05, 0) is 35.9 Å². The van der Waals surface area contributed by atoms with E-state index in [1.807, 2.05) is 0 Å². The predicted octanol–water partition coefficient (Wildman–Crippen LogP) is 6.00. The summed E-state index contributed by atoms with van der Waals surface area (Å²) in [5.41, 5.74) is 0.698. The van der Waals surface area contributed by atoms with Crippen LogP contribution < -0.4 is 14.4 Å². The minimum Gasteiger partial charge on any atom is -0.496 e. The van der Waals surface area contributed by atoms with Gasteiger partial charge in [0.15, 0.2) is 0 Å². The number of rotatable bonds is 7. The lowest BCUT2D eigenvalue weighted by molar-refractivity contribution is -0.142. The Kier molecular flexibility index (Phi) is 8.57. The highest BCUT2D eigenvalue weighted by molar-refractivity contribution is 8.01. The van der Waals surface area contributed by atoms with Gasteiger partial charge in [0.05, 0.1) is 42.4 Å². The summed E-state index contributed by atoms with van der Waals surface area (Å²) in [6.45, 7) is 3.38. The highest BCUT2D eigenvalue weighted by atomic mass is 35.5. The smallest absolute Gasteiger partial charge is 0.449 e. The zero-order chi connectivity index (χ0) is 26.6. The first-order valence-corrected chi connectivity index (χ1v) is 11.8. The average Bonchev–Trinajstić information content (AvgIpc) is 2.95. The third-order valence-electron chi connectivity index (χ3n) is 5.29. The van der Waals surface area contributed by atoms with Crippen LogP contribution in [0.3, 0.4) is 0 Å². The van der Waals surface area contributed by atoms with E-state index in [1.165, 1.54) is 38.5 Å². The Bertz CT molecular complexity index is 1170. The number of alkyl halides is 3. The summed E-state index contributed by atoms with van der Waals surface area (Å²) in [6.07, 6.45) is -4.13. The number of nitrogens with zero attached hydrogens (tertiary/aromatic N) is 1. The third kappa shape index (κ3) is 5.62. The van der Waals surface area contributed by atoms with Gasteiger partial charge in [-0.3, -0.25) is 20.5 Å². The fourth-order valence-electron chi connectivity index (χ4n) is 3.75. The van der Waals surface area contributed by atoms with E-state index in [2.05, 4.69) is 6.58 Å². The Morgan fingerprint density at radius 2 is 1.86 bits per heavy atom. The number of fused-ring (bicyclic) bond motifs is 1. The molecule has 0 aliphatic carbocycles. The number of methoxy groups -OCH3 is 2. The molecule has 0 radical (unpaired) electrons. The van der Waals surface area contributed by atoms with Gasteiger partial charge in [0.25, 0.3) is 0 Å². The summed E-state index contributed by atoms with van der Waals surface area (Å²) in [6, 6.07) is 9.20. The zero-order valence-electron chi connectivity index (χ0n) is 19.3. The fourth-order valence-corrected chi connectivity index (χ4v) is 5.43. The van der Waals surface area contributed by atoms with Crippen molar-refractivity contribution in [1.29, 1.82) is 10.8 Å². The molecule has 2 atom stereocenters. The van der Waals surface area contributed by atoms with Gasteiger partial charge >= 0.3 is 12.1 Å². The molecule has 0 amide bonds. The van der Waals surface area contributed by atoms with Gasteiger partial charge in [-0.15, -0.1) is 11.8 Å². The summed E-state index contributed by atoms with van der Waals surface area (Å²) in [4.78, 5) is 13.0. The summed E-state index contributed by atoms with van der Waals surface area (Å²) in [5.74, 6) is -2.33. The summed E-state index contributed by atoms with van der Waals surface area (Å²) in [7, 11) is 2.88. The number of hydrogen-bond donors (Lipinski definition) is 2. The van der Waals surface area contributed by atoms with Crippen LogP contribution in [-0.4, -0.2) is 49.9 Å². The van der Waals surface area contributed by atoms with Crippen LogP contribution in [0, 0.1) is 10.8 Å². The van der Waals surface area contributed by atoms with Crippen molar-refractivity contribution in [2.75, 3.05) is 25.7 Å². The molecule has 1 aliphatic heterocycles. The molecule has 0 unspecified atom stereocenters. The van der Waals surface area contributed by atoms with Crippen molar-refractivity contribution in [3.63, 3.8) is 0 Å². The van der Waals surface area contributed by atoms with Crippen LogP contribution in [0.5, 0.6) is 11.5 Å². The molecular weight excluding hydrogens is 519 g/mol. The van der Waals surface area contributed by atoms with Crippen molar-refractivity contribution >= 4 is 46.7 Å². The quantitative estimate of drug-likeness (QED) is 0.193. The van der Waals surface area contributed by atoms with Gasteiger partial charge in [0.1, 0.15) is 23.9 Å². The van der Waals surface area contributed by atoms with Crippen molar-refractivity contribution < 1.29 is 32.2 Å². The second-order valence-electron chi connectivity index (χ2n) is 7.53. The number of amidine groups is 2. The van der Waals surface area contributed by atoms with Gasteiger partial charge in [-0.25, -0.2) is 0 Å². The number of benzene rings is 2. The van der Waals surface area contributed by atoms with E-state index < -0.39 is 40.7 Å². The third-order valence-corrected chi connectivity index (χ3v) is 7.01. The van der Waals surface area contributed by atoms with Gasteiger partial charge in [-0.1, -0.05) is 30.3 Å². The van der Waals surface area contributed by atoms with E-state index in [4.69, 9.17) is 36.6 Å². The summed E-state index contributed by atoms with van der Waals surface area (Å²) >= 11 is 7.30. The predicted molar refractivity (Wildman–Crippen MR) is 134 cm³/mol. The Labute approximate surface area is 215 Å². The Hall–Kier alpha value is -3.18. The largest absolute Gasteiger partial charge is 0.496 e. The van der Waals surface area contributed by atoms with Gasteiger partial charge in [-0.2, -0.15) is 13.2 Å². The first-order chi connectivity index (χ1) is 17.0. The van der Waals surface area contributed by atoms with Crippen molar-refractivity contribution in [3.05, 3.63) is 65.2 Å². The molecular formula is C24H23ClF3N3O4S. The molecule has 0 aromatic heterocycles. The topological polar surface area (TPSA) is 95.7 Å². The van der Waals surface area contributed by atoms with E-state index in [0.717, 1.165) is 11.8 Å². The minimum atomic E-state index is -5.07. The van der Waals surface area contributed by atoms with Crippen LogP contribution in [0.4, 0.5) is 18.9 Å². The Morgan fingerprint density at radius 1 is 1.22 bits per heavy atom. The Balaban J connectivity index is 2.29. The normalized spacial score (nSPS) is 17.6. The molecule has 12 heteroatoms. The van der Waals surface area contributed by atoms with Gasteiger partial charge in [0, 0.05) is 5.02 Å². The molecule has 2 aromatic carbocycles. The number of carbonyl (C=O) groups excluding carboxylic acids is 1. The van der Waals surface area contributed by atoms with E-state index >= 15 is 0 Å². The summed E-state index contributed by atoms with van der Waals surface area (Å²) in [5, 5.41) is 14.9. The molecule has 0 saturated carbocycles. The lowest BCUT2D eigenvalue weighted by Crippen LogP contribution is -2.47. The molecule has 7 nitrogen and oxygen atoms in total. The SMILES string of the molecule is C=CCOC(=O)C[C@H]1S[C@H](c2c(OC)cccc2OC)c2cc(Cl)ccc2N(C(=N)C(F)(F)F)C1=N. The van der Waals surface area contributed by atoms with Crippen LogP contribution >= 0.6 is 23.4 Å².